The van der Waals surface area contributed by atoms with Crippen LogP contribution in [0.4, 0.5) is 0 Å². The molecule has 2 rings (SSSR count). The average Bonchev–Trinajstić information content (AvgIpc) is 2.58. The van der Waals surface area contributed by atoms with Gasteiger partial charge in [-0.25, -0.2) is 0 Å². The second kappa shape index (κ2) is 8.27. The molecule has 27 heavy (non-hydrogen) atoms. The minimum absolute atomic E-state index is 0.00788. The van der Waals surface area contributed by atoms with Crippen molar-refractivity contribution >= 4 is 23.2 Å². The Morgan fingerprint density at radius 2 is 0.963 bits per heavy atom. The topological polar surface area (TPSA) is 58.9 Å². The van der Waals surface area contributed by atoms with E-state index in [1.165, 1.54) is 13.8 Å². The first-order chi connectivity index (χ1) is 12.4. The van der Waals surface area contributed by atoms with E-state index < -0.39 is 10.1 Å². The van der Waals surface area contributed by atoms with Crippen LogP contribution in [0.5, 0.6) is 11.5 Å². The SMILES string of the molecule is CC(O)(Cl)COc1ccc(C(C)(C)c2ccc(OCC(C)(O)Cl)cc2)cc1. The molecule has 4 nitrogen and oxygen atoms in total. The summed E-state index contributed by atoms with van der Waals surface area (Å²) in [6.45, 7) is 7.24. The second-order valence-corrected chi connectivity index (χ2v) is 9.16. The van der Waals surface area contributed by atoms with E-state index >= 15 is 0 Å². The molecule has 0 aliphatic carbocycles. The van der Waals surface area contributed by atoms with Gasteiger partial charge in [-0.15, -0.1) is 0 Å². The molecule has 0 saturated carbocycles. The third-order valence-corrected chi connectivity index (χ3v) is 4.37. The second-order valence-electron chi connectivity index (χ2n) is 7.54. The molecule has 0 aromatic heterocycles. The lowest BCUT2D eigenvalue weighted by atomic mass is 9.78. The van der Waals surface area contributed by atoms with E-state index in [9.17, 15) is 10.2 Å². The Labute approximate surface area is 170 Å². The first-order valence-electron chi connectivity index (χ1n) is 8.66. The molecule has 148 valence electrons. The smallest absolute Gasteiger partial charge is 0.169 e. The quantitative estimate of drug-likeness (QED) is 0.618. The van der Waals surface area contributed by atoms with E-state index in [0.717, 1.165) is 11.1 Å². The Bertz CT molecular complexity index is 663. The van der Waals surface area contributed by atoms with Gasteiger partial charge in [-0.2, -0.15) is 0 Å². The van der Waals surface area contributed by atoms with Crippen LogP contribution < -0.4 is 9.47 Å². The van der Waals surface area contributed by atoms with Crippen LogP contribution in [0.3, 0.4) is 0 Å². The van der Waals surface area contributed by atoms with Gasteiger partial charge in [0.15, 0.2) is 10.1 Å². The van der Waals surface area contributed by atoms with Gasteiger partial charge in [-0.3, -0.25) is 0 Å². The van der Waals surface area contributed by atoms with Gasteiger partial charge in [0.1, 0.15) is 24.7 Å². The Morgan fingerprint density at radius 1 is 0.667 bits per heavy atom. The van der Waals surface area contributed by atoms with Crippen LogP contribution in [0, 0.1) is 0 Å². The molecular formula is C21H26Cl2O4. The lowest BCUT2D eigenvalue weighted by Crippen LogP contribution is -2.25. The van der Waals surface area contributed by atoms with Crippen molar-refractivity contribution in [1.82, 2.24) is 0 Å². The van der Waals surface area contributed by atoms with Gasteiger partial charge >= 0.3 is 0 Å². The molecule has 6 heteroatoms. The zero-order valence-electron chi connectivity index (χ0n) is 16.0. The molecule has 0 amide bonds. The van der Waals surface area contributed by atoms with Crippen LogP contribution in [-0.4, -0.2) is 33.5 Å². The van der Waals surface area contributed by atoms with Gasteiger partial charge in [-0.05, 0) is 49.2 Å². The van der Waals surface area contributed by atoms with Crippen molar-refractivity contribution in [2.24, 2.45) is 0 Å². The van der Waals surface area contributed by atoms with E-state index in [4.69, 9.17) is 32.7 Å². The molecule has 0 bridgehead atoms. The van der Waals surface area contributed by atoms with Crippen LogP contribution in [0.2, 0.25) is 0 Å². The van der Waals surface area contributed by atoms with Crippen molar-refractivity contribution < 1.29 is 19.7 Å². The van der Waals surface area contributed by atoms with Gasteiger partial charge < -0.3 is 19.7 Å². The van der Waals surface area contributed by atoms with Crippen molar-refractivity contribution in [2.45, 2.75) is 43.2 Å². The fourth-order valence-electron chi connectivity index (χ4n) is 2.53. The number of alkyl halides is 2. The lowest BCUT2D eigenvalue weighted by Gasteiger charge is -2.27. The molecule has 2 unspecified atom stereocenters. The minimum Gasteiger partial charge on any atom is -0.489 e. The minimum atomic E-state index is -1.39. The molecule has 2 aromatic rings. The number of ether oxygens (including phenoxy) is 2. The van der Waals surface area contributed by atoms with Crippen molar-refractivity contribution in [3.05, 3.63) is 59.7 Å². The molecule has 0 heterocycles. The van der Waals surface area contributed by atoms with E-state index in [-0.39, 0.29) is 18.6 Å². The fraction of sp³-hybridized carbons (Fsp3) is 0.429. The lowest BCUT2D eigenvalue weighted by molar-refractivity contribution is 0.0851. The molecule has 0 spiro atoms. The monoisotopic (exact) mass is 412 g/mol. The Morgan fingerprint density at radius 3 is 1.22 bits per heavy atom. The normalized spacial score (nSPS) is 16.3. The Hall–Kier alpha value is -1.46. The van der Waals surface area contributed by atoms with E-state index in [1.807, 2.05) is 48.5 Å². The summed E-state index contributed by atoms with van der Waals surface area (Å²) < 4.78 is 11.0. The highest BCUT2D eigenvalue weighted by molar-refractivity contribution is 6.22. The molecule has 0 aliphatic heterocycles. The summed E-state index contributed by atoms with van der Waals surface area (Å²) in [5.74, 6) is 1.29. The van der Waals surface area contributed by atoms with Crippen molar-refractivity contribution in [3.63, 3.8) is 0 Å². The van der Waals surface area contributed by atoms with Gasteiger partial charge in [-0.1, -0.05) is 61.3 Å². The molecular weight excluding hydrogens is 387 g/mol. The number of rotatable bonds is 8. The first-order valence-corrected chi connectivity index (χ1v) is 9.42. The number of halogens is 2. The first kappa shape index (κ1) is 21.8. The summed E-state index contributed by atoms with van der Waals surface area (Å²) in [7, 11) is 0. The molecule has 0 radical (unpaired) electrons. The third kappa shape index (κ3) is 6.89. The number of hydrogen-bond donors (Lipinski definition) is 2. The van der Waals surface area contributed by atoms with Gasteiger partial charge in [0.2, 0.25) is 0 Å². The highest BCUT2D eigenvalue weighted by atomic mass is 35.5. The average molecular weight is 413 g/mol. The summed E-state index contributed by atoms with van der Waals surface area (Å²) >= 11 is 11.5. The number of benzene rings is 2. The Balaban J connectivity index is 2.08. The van der Waals surface area contributed by atoms with E-state index in [2.05, 4.69) is 13.8 Å². The zero-order chi connectivity index (χ0) is 20.3. The molecule has 0 saturated heterocycles. The van der Waals surface area contributed by atoms with Gasteiger partial charge in [0, 0.05) is 5.41 Å². The van der Waals surface area contributed by atoms with Gasteiger partial charge in [0.05, 0.1) is 0 Å². The predicted octanol–water partition coefficient (Wildman–Crippen LogP) is 4.66. The van der Waals surface area contributed by atoms with E-state index in [1.54, 1.807) is 0 Å². The van der Waals surface area contributed by atoms with Crippen LogP contribution in [0.1, 0.15) is 38.8 Å². The summed E-state index contributed by atoms with van der Waals surface area (Å²) in [5, 5.41) is 16.3. The van der Waals surface area contributed by atoms with Crippen LogP contribution >= 0.6 is 23.2 Å². The highest BCUT2D eigenvalue weighted by Gasteiger charge is 2.24. The van der Waals surface area contributed by atoms with Crippen LogP contribution in [0.15, 0.2) is 48.5 Å². The number of hydrogen-bond acceptors (Lipinski definition) is 4. The van der Waals surface area contributed by atoms with Crippen molar-refractivity contribution in [2.75, 3.05) is 13.2 Å². The maximum absolute atomic E-state index is 9.53. The number of aliphatic hydroxyl groups is 2. The molecule has 0 fully saturated rings. The predicted molar refractivity (Wildman–Crippen MR) is 109 cm³/mol. The molecule has 2 N–H and O–H groups in total. The zero-order valence-corrected chi connectivity index (χ0v) is 17.5. The van der Waals surface area contributed by atoms with Crippen LogP contribution in [-0.2, 0) is 5.41 Å². The van der Waals surface area contributed by atoms with Crippen LogP contribution in [0.25, 0.3) is 0 Å². The summed E-state index contributed by atoms with van der Waals surface area (Å²) in [4.78, 5) is 0. The fourth-order valence-corrected chi connectivity index (χ4v) is 2.64. The summed E-state index contributed by atoms with van der Waals surface area (Å²) in [5.41, 5.74) is 2.00. The summed E-state index contributed by atoms with van der Waals surface area (Å²) in [6, 6.07) is 15.4. The van der Waals surface area contributed by atoms with Crippen molar-refractivity contribution in [3.8, 4) is 11.5 Å². The molecule has 2 aromatic carbocycles. The van der Waals surface area contributed by atoms with Gasteiger partial charge in [0.25, 0.3) is 0 Å². The standard InChI is InChI=1S/C21H26Cl2O4/c1-19(2,15-5-9-17(10-6-15)26-13-20(3,22)24)16-7-11-18(12-8-16)27-14-21(4,23)25/h5-12,24-25H,13-14H2,1-4H3. The van der Waals surface area contributed by atoms with E-state index in [0.29, 0.717) is 11.5 Å². The third-order valence-electron chi connectivity index (χ3n) is 4.16. The Kier molecular flexibility index (Phi) is 6.69. The maximum atomic E-state index is 9.53. The molecule has 2 atom stereocenters. The molecule has 0 aliphatic rings. The van der Waals surface area contributed by atoms with Crippen molar-refractivity contribution in [1.29, 1.82) is 0 Å². The maximum Gasteiger partial charge on any atom is 0.169 e. The highest BCUT2D eigenvalue weighted by Crippen LogP contribution is 2.33. The largest absolute Gasteiger partial charge is 0.489 e. The summed E-state index contributed by atoms with van der Waals surface area (Å²) in [6.07, 6.45) is 0.